The van der Waals surface area contributed by atoms with E-state index in [1.165, 1.54) is 87.6 Å². The largest absolute Gasteiger partial charge is 0.456 e. The van der Waals surface area contributed by atoms with Crippen LogP contribution in [0.3, 0.4) is 0 Å². The Bertz CT molecular complexity index is 5700. The summed E-state index contributed by atoms with van der Waals surface area (Å²) >= 11 is 6.01. The lowest BCUT2D eigenvalue weighted by Crippen LogP contribution is -2.10. The third kappa shape index (κ3) is 11.1. The van der Waals surface area contributed by atoms with E-state index < -0.39 is 0 Å². The standard InChI is InChI=1S/C44H29NO.C24H17NO.C20H13Cl/c1-2-11-30(12-3-1)31-21-25-34(26-22-31)45(41-18-10-20-43-44(41)39-17-8-9-19-42(39)46-43)35-27-23-32(24-28-35)40-29-33-13-4-5-14-36(33)37-15-6-7-16-38(37)40;1-2-7-17(8-3-1)18-13-15-19(16-14-18)25-21-10-6-12-23-24(21)20-9-4-5-11-22(20)26-23;21-16-11-9-14(10-12-16)20-13-15-5-1-2-6-17(15)18-7-3-4-8-19(18)20/h1-29H;1-16,25H;1-13H. The van der Waals surface area contributed by atoms with Crippen molar-refractivity contribution in [2.75, 3.05) is 10.2 Å². The minimum atomic E-state index is 0.767. The van der Waals surface area contributed by atoms with E-state index in [9.17, 15) is 0 Å². The Kier molecular flexibility index (Phi) is 15.0. The van der Waals surface area contributed by atoms with Gasteiger partial charge in [0, 0.05) is 32.9 Å². The molecule has 18 rings (SSSR count). The molecule has 0 atom stereocenters. The fourth-order valence-electron chi connectivity index (χ4n) is 13.2. The Labute approximate surface area is 544 Å². The maximum absolute atomic E-state index is 6.32. The molecule has 0 aliphatic rings. The first-order valence-corrected chi connectivity index (χ1v) is 31.8. The highest BCUT2D eigenvalue weighted by Crippen LogP contribution is 2.45. The van der Waals surface area contributed by atoms with Gasteiger partial charge in [0.05, 0.1) is 22.1 Å². The van der Waals surface area contributed by atoms with Gasteiger partial charge < -0.3 is 19.1 Å². The zero-order valence-electron chi connectivity index (χ0n) is 50.6. The van der Waals surface area contributed by atoms with E-state index in [0.717, 1.165) is 77.3 Å². The molecule has 4 nitrogen and oxygen atoms in total. The highest BCUT2D eigenvalue weighted by atomic mass is 35.5. The summed E-state index contributed by atoms with van der Waals surface area (Å²) in [7, 11) is 0. The summed E-state index contributed by atoms with van der Waals surface area (Å²) in [6.07, 6.45) is 0. The molecule has 16 aromatic carbocycles. The van der Waals surface area contributed by atoms with Gasteiger partial charge in [-0.05, 0) is 185 Å². The molecule has 1 N–H and O–H groups in total. The Balaban J connectivity index is 0.000000123. The van der Waals surface area contributed by atoms with Gasteiger partial charge in [0.2, 0.25) is 0 Å². The van der Waals surface area contributed by atoms with Crippen molar-refractivity contribution in [3.05, 3.63) is 357 Å². The zero-order valence-corrected chi connectivity index (χ0v) is 51.4. The van der Waals surface area contributed by atoms with Crippen molar-refractivity contribution in [3.8, 4) is 44.5 Å². The molecule has 0 bridgehead atoms. The summed E-state index contributed by atoms with van der Waals surface area (Å²) in [6, 6.07) is 123. The Morgan fingerprint density at radius 2 is 0.624 bits per heavy atom. The second kappa shape index (κ2) is 24.8. The number of nitrogens with zero attached hydrogens (tertiary/aromatic N) is 1. The number of halogens is 1. The molecule has 0 aliphatic heterocycles. The van der Waals surface area contributed by atoms with E-state index >= 15 is 0 Å². The molecule has 2 aromatic heterocycles. The highest BCUT2D eigenvalue weighted by Gasteiger charge is 2.21. The number of para-hydroxylation sites is 2. The second-order valence-corrected chi connectivity index (χ2v) is 23.7. The van der Waals surface area contributed by atoms with Gasteiger partial charge in [-0.2, -0.15) is 0 Å². The average molecular weight is 1210 g/mol. The predicted molar refractivity (Wildman–Crippen MR) is 395 cm³/mol. The molecule has 0 unspecified atom stereocenters. The number of furan rings is 2. The van der Waals surface area contributed by atoms with Crippen molar-refractivity contribution >= 4 is 127 Å². The van der Waals surface area contributed by atoms with Crippen molar-refractivity contribution < 1.29 is 8.83 Å². The van der Waals surface area contributed by atoms with Gasteiger partial charge in [0.1, 0.15) is 22.3 Å². The molecule has 0 fully saturated rings. The van der Waals surface area contributed by atoms with Gasteiger partial charge in [0.25, 0.3) is 0 Å². The van der Waals surface area contributed by atoms with Crippen LogP contribution in [0.2, 0.25) is 5.02 Å². The highest BCUT2D eigenvalue weighted by molar-refractivity contribution is 6.30. The van der Waals surface area contributed by atoms with Crippen molar-refractivity contribution in [2.24, 2.45) is 0 Å². The van der Waals surface area contributed by atoms with Crippen molar-refractivity contribution in [3.63, 3.8) is 0 Å². The van der Waals surface area contributed by atoms with Crippen LogP contribution in [-0.2, 0) is 0 Å². The van der Waals surface area contributed by atoms with E-state index in [1.54, 1.807) is 0 Å². The average Bonchev–Trinajstić information content (AvgIpc) is 1.66. The lowest BCUT2D eigenvalue weighted by Gasteiger charge is -2.26. The fraction of sp³-hybridized carbons (Fsp3) is 0. The third-order valence-electron chi connectivity index (χ3n) is 17.7. The monoisotopic (exact) mass is 1210 g/mol. The minimum absolute atomic E-state index is 0.767. The van der Waals surface area contributed by atoms with Crippen LogP contribution >= 0.6 is 11.6 Å². The maximum atomic E-state index is 6.32. The Morgan fingerprint density at radius 3 is 1.14 bits per heavy atom. The molecule has 0 saturated carbocycles. The van der Waals surface area contributed by atoms with Crippen LogP contribution in [0.15, 0.2) is 361 Å². The topological polar surface area (TPSA) is 41.6 Å². The Hall–Kier alpha value is -12.0. The number of nitrogens with one attached hydrogen (secondary N) is 1. The molecule has 0 spiro atoms. The van der Waals surface area contributed by atoms with E-state index in [-0.39, 0.29) is 0 Å². The maximum Gasteiger partial charge on any atom is 0.137 e. The third-order valence-corrected chi connectivity index (χ3v) is 17.9. The summed E-state index contributed by atoms with van der Waals surface area (Å²) < 4.78 is 12.3. The summed E-state index contributed by atoms with van der Waals surface area (Å²) in [5.41, 5.74) is 18.7. The first-order chi connectivity index (χ1) is 46.0. The van der Waals surface area contributed by atoms with Crippen LogP contribution in [0, 0.1) is 0 Å². The van der Waals surface area contributed by atoms with Crippen LogP contribution < -0.4 is 10.2 Å². The smallest absolute Gasteiger partial charge is 0.137 e. The van der Waals surface area contributed by atoms with Gasteiger partial charge in [-0.3, -0.25) is 0 Å². The number of hydrogen-bond acceptors (Lipinski definition) is 4. The molecule has 2 heterocycles. The molecule has 93 heavy (non-hydrogen) atoms. The van der Waals surface area contributed by atoms with E-state index in [0.29, 0.717) is 0 Å². The van der Waals surface area contributed by atoms with Gasteiger partial charge in [-0.25, -0.2) is 0 Å². The second-order valence-electron chi connectivity index (χ2n) is 23.3. The van der Waals surface area contributed by atoms with Gasteiger partial charge in [-0.15, -0.1) is 0 Å². The number of rotatable bonds is 9. The lowest BCUT2D eigenvalue weighted by atomic mass is 9.93. The summed E-state index contributed by atoms with van der Waals surface area (Å²) in [4.78, 5) is 2.35. The summed E-state index contributed by atoms with van der Waals surface area (Å²) in [5, 5.41) is 19.0. The number of fused-ring (bicyclic) bond motifs is 12. The molecule has 440 valence electrons. The van der Waals surface area contributed by atoms with Crippen LogP contribution in [0.25, 0.3) is 131 Å². The first-order valence-electron chi connectivity index (χ1n) is 31.4. The van der Waals surface area contributed by atoms with Gasteiger partial charge in [0.15, 0.2) is 0 Å². The lowest BCUT2D eigenvalue weighted by molar-refractivity contribution is 0.668. The van der Waals surface area contributed by atoms with Crippen molar-refractivity contribution in [1.29, 1.82) is 0 Å². The molecule has 0 saturated heterocycles. The molecular weight excluding hydrogens is 1150 g/mol. The predicted octanol–water partition coefficient (Wildman–Crippen LogP) is 26.0. The van der Waals surface area contributed by atoms with E-state index in [2.05, 4.69) is 301 Å². The van der Waals surface area contributed by atoms with Crippen LogP contribution in [0.1, 0.15) is 0 Å². The zero-order chi connectivity index (χ0) is 62.0. The van der Waals surface area contributed by atoms with Crippen LogP contribution in [-0.4, -0.2) is 0 Å². The molecular formula is C88H59ClN2O2. The van der Waals surface area contributed by atoms with Crippen LogP contribution in [0.4, 0.5) is 28.4 Å². The van der Waals surface area contributed by atoms with E-state index in [4.69, 9.17) is 20.4 Å². The summed E-state index contributed by atoms with van der Waals surface area (Å²) in [6.45, 7) is 0. The van der Waals surface area contributed by atoms with Crippen LogP contribution in [0.5, 0.6) is 0 Å². The minimum Gasteiger partial charge on any atom is -0.456 e. The summed E-state index contributed by atoms with van der Waals surface area (Å²) in [5.74, 6) is 0. The van der Waals surface area contributed by atoms with Crippen molar-refractivity contribution in [2.45, 2.75) is 0 Å². The quantitative estimate of drug-likeness (QED) is 0.146. The molecule has 5 heteroatoms. The number of hydrogen-bond donors (Lipinski definition) is 1. The number of anilines is 5. The SMILES string of the molecule is Clc1ccc(-c2cc3ccccc3c3ccccc23)cc1.c1ccc(-c2ccc(N(c3ccc(-c4cc5ccccc5c5ccccc45)cc3)c3cccc4oc5ccccc5c34)cc2)cc1.c1ccc(-c2ccc(Nc3cccc4oc5ccccc5c34)cc2)cc1. The Morgan fingerprint density at radius 1 is 0.258 bits per heavy atom. The molecule has 0 radical (unpaired) electrons. The van der Waals surface area contributed by atoms with Crippen molar-refractivity contribution in [1.82, 2.24) is 0 Å². The van der Waals surface area contributed by atoms with E-state index in [1.807, 2.05) is 60.7 Å². The first kappa shape index (κ1) is 56.3. The van der Waals surface area contributed by atoms with Gasteiger partial charge in [-0.1, -0.05) is 266 Å². The van der Waals surface area contributed by atoms with Gasteiger partial charge >= 0.3 is 0 Å². The molecule has 0 aliphatic carbocycles. The number of benzene rings is 16. The normalized spacial score (nSPS) is 11.3. The fourth-order valence-corrected chi connectivity index (χ4v) is 13.3. The molecule has 0 amide bonds. The molecule has 18 aromatic rings.